The molecule has 6 nitrogen and oxygen atoms in total. The van der Waals surface area contributed by atoms with Crippen molar-refractivity contribution in [3.63, 3.8) is 0 Å². The van der Waals surface area contributed by atoms with Gasteiger partial charge in [-0.15, -0.1) is 0 Å². The Bertz CT molecular complexity index is 627. The molecule has 0 atom stereocenters. The summed E-state index contributed by atoms with van der Waals surface area (Å²) in [5.74, 6) is -0.855. The van der Waals surface area contributed by atoms with Crippen molar-refractivity contribution in [2.75, 3.05) is 6.54 Å². The van der Waals surface area contributed by atoms with Crippen LogP contribution in [0.3, 0.4) is 0 Å². The summed E-state index contributed by atoms with van der Waals surface area (Å²) in [5, 5.41) is 10.7. The normalized spacial score (nSPS) is 11.9. The highest BCUT2D eigenvalue weighted by Crippen LogP contribution is 2.25. The van der Waals surface area contributed by atoms with Crippen LogP contribution in [0, 0.1) is 28.8 Å². The summed E-state index contributed by atoms with van der Waals surface area (Å²) in [7, 11) is -3.90. The van der Waals surface area contributed by atoms with Gasteiger partial charge < -0.3 is 0 Å². The summed E-state index contributed by atoms with van der Waals surface area (Å²) in [5.41, 5.74) is -0.710. The molecule has 0 heterocycles. The molecule has 0 aliphatic carbocycles. The highest BCUT2D eigenvalue weighted by Gasteiger charge is 2.24. The molecule has 0 saturated carbocycles. The Morgan fingerprint density at radius 1 is 1.33 bits per heavy atom. The molecule has 8 heteroatoms. The van der Waals surface area contributed by atoms with Crippen molar-refractivity contribution in [2.24, 2.45) is 5.92 Å². The van der Waals surface area contributed by atoms with E-state index in [0.29, 0.717) is 0 Å². The van der Waals surface area contributed by atoms with E-state index in [4.69, 9.17) is 0 Å². The molecule has 0 amide bonds. The van der Waals surface area contributed by atoms with Crippen LogP contribution in [0.15, 0.2) is 17.0 Å². The monoisotopic (exact) mass is 318 g/mol. The van der Waals surface area contributed by atoms with Gasteiger partial charge in [0.2, 0.25) is 15.8 Å². The number of nitrogens with zero attached hydrogens (tertiary/aromatic N) is 1. The van der Waals surface area contributed by atoms with Crippen LogP contribution < -0.4 is 4.72 Å². The number of nitro groups is 1. The number of halogens is 1. The third kappa shape index (κ3) is 4.21. The second kappa shape index (κ2) is 6.95. The SMILES string of the molecule is CCC(CC)CNS(=O)(=O)c1cc([N+](=O)[O-])c(F)cc1C. The topological polar surface area (TPSA) is 89.3 Å². The van der Waals surface area contributed by atoms with Crippen molar-refractivity contribution >= 4 is 15.7 Å². The molecule has 0 aliphatic rings. The zero-order valence-corrected chi connectivity index (χ0v) is 13.0. The van der Waals surface area contributed by atoms with Crippen LogP contribution in [0.4, 0.5) is 10.1 Å². The predicted molar refractivity (Wildman–Crippen MR) is 77.1 cm³/mol. The molecule has 1 rings (SSSR count). The fraction of sp³-hybridized carbons (Fsp3) is 0.538. The van der Waals surface area contributed by atoms with Crippen molar-refractivity contribution in [3.8, 4) is 0 Å². The van der Waals surface area contributed by atoms with E-state index in [-0.39, 0.29) is 22.9 Å². The van der Waals surface area contributed by atoms with Gasteiger partial charge >= 0.3 is 5.69 Å². The molecular weight excluding hydrogens is 299 g/mol. The summed E-state index contributed by atoms with van der Waals surface area (Å²) in [4.78, 5) is 9.52. The molecule has 1 aromatic carbocycles. The summed E-state index contributed by atoms with van der Waals surface area (Å²) < 4.78 is 40.3. The summed E-state index contributed by atoms with van der Waals surface area (Å²) in [6.07, 6.45) is 1.64. The van der Waals surface area contributed by atoms with Crippen molar-refractivity contribution in [3.05, 3.63) is 33.6 Å². The number of hydrogen-bond acceptors (Lipinski definition) is 4. The summed E-state index contributed by atoms with van der Waals surface area (Å²) in [6.45, 7) is 5.56. The Morgan fingerprint density at radius 2 is 1.90 bits per heavy atom. The Labute approximate surface area is 123 Å². The van der Waals surface area contributed by atoms with Gasteiger partial charge in [-0.1, -0.05) is 26.7 Å². The van der Waals surface area contributed by atoms with Crippen molar-refractivity contribution in [2.45, 2.75) is 38.5 Å². The first-order valence-electron chi connectivity index (χ1n) is 6.67. The van der Waals surface area contributed by atoms with Crippen molar-refractivity contribution in [1.82, 2.24) is 4.72 Å². The third-order valence-electron chi connectivity index (χ3n) is 3.45. The summed E-state index contributed by atoms with van der Waals surface area (Å²) in [6, 6.07) is 1.63. The lowest BCUT2D eigenvalue weighted by Gasteiger charge is -2.14. The Balaban J connectivity index is 3.13. The molecule has 0 unspecified atom stereocenters. The Morgan fingerprint density at radius 3 is 2.38 bits per heavy atom. The first-order valence-corrected chi connectivity index (χ1v) is 8.15. The van der Waals surface area contributed by atoms with E-state index in [1.54, 1.807) is 0 Å². The van der Waals surface area contributed by atoms with Gasteiger partial charge in [0, 0.05) is 12.6 Å². The van der Waals surface area contributed by atoms with Gasteiger partial charge in [0.25, 0.3) is 0 Å². The lowest BCUT2D eigenvalue weighted by Crippen LogP contribution is -2.29. The number of nitro benzene ring substituents is 1. The van der Waals surface area contributed by atoms with Gasteiger partial charge in [-0.2, -0.15) is 4.39 Å². The molecule has 0 radical (unpaired) electrons. The third-order valence-corrected chi connectivity index (χ3v) is 5.01. The molecule has 0 aliphatic heterocycles. The molecule has 118 valence electrons. The average molecular weight is 318 g/mol. The quantitative estimate of drug-likeness (QED) is 0.618. The number of aryl methyl sites for hydroxylation is 1. The first-order chi connectivity index (χ1) is 9.72. The van der Waals surface area contributed by atoms with Gasteiger partial charge in [-0.25, -0.2) is 13.1 Å². The second-order valence-corrected chi connectivity index (χ2v) is 6.60. The number of benzene rings is 1. The first kappa shape index (κ1) is 17.5. The highest BCUT2D eigenvalue weighted by molar-refractivity contribution is 7.89. The molecule has 0 spiro atoms. The predicted octanol–water partition coefficient (Wildman–Crippen LogP) is 2.76. The van der Waals surface area contributed by atoms with Crippen LogP contribution in [-0.2, 0) is 10.0 Å². The minimum atomic E-state index is -3.90. The molecule has 0 aromatic heterocycles. The number of rotatable bonds is 7. The van der Waals surface area contributed by atoms with Crippen LogP contribution in [0.25, 0.3) is 0 Å². The van der Waals surface area contributed by atoms with Gasteiger partial charge in [0.1, 0.15) is 0 Å². The number of hydrogen-bond donors (Lipinski definition) is 1. The lowest BCUT2D eigenvalue weighted by atomic mass is 10.0. The Kier molecular flexibility index (Phi) is 5.79. The second-order valence-electron chi connectivity index (χ2n) is 4.86. The fourth-order valence-electron chi connectivity index (χ4n) is 1.95. The smallest absolute Gasteiger partial charge is 0.258 e. The molecule has 1 aromatic rings. The van der Waals surface area contributed by atoms with Gasteiger partial charge in [0.15, 0.2) is 0 Å². The molecular formula is C13H19FN2O4S. The molecule has 21 heavy (non-hydrogen) atoms. The van der Waals surface area contributed by atoms with Gasteiger partial charge in [-0.3, -0.25) is 10.1 Å². The minimum absolute atomic E-state index is 0.134. The van der Waals surface area contributed by atoms with E-state index >= 15 is 0 Å². The maximum absolute atomic E-state index is 13.4. The highest BCUT2D eigenvalue weighted by atomic mass is 32.2. The van der Waals surface area contributed by atoms with E-state index < -0.39 is 26.5 Å². The fourth-order valence-corrected chi connectivity index (χ4v) is 3.31. The summed E-state index contributed by atoms with van der Waals surface area (Å²) >= 11 is 0. The van der Waals surface area contributed by atoms with Gasteiger partial charge in [-0.05, 0) is 24.5 Å². The lowest BCUT2D eigenvalue weighted by molar-refractivity contribution is -0.387. The van der Waals surface area contributed by atoms with Crippen LogP contribution in [0.5, 0.6) is 0 Å². The van der Waals surface area contributed by atoms with E-state index in [1.807, 2.05) is 13.8 Å². The van der Waals surface area contributed by atoms with E-state index in [2.05, 4.69) is 4.72 Å². The van der Waals surface area contributed by atoms with Crippen LogP contribution in [0.2, 0.25) is 0 Å². The average Bonchev–Trinajstić information content (AvgIpc) is 2.38. The van der Waals surface area contributed by atoms with Gasteiger partial charge in [0.05, 0.1) is 9.82 Å². The zero-order valence-electron chi connectivity index (χ0n) is 12.2. The van der Waals surface area contributed by atoms with Crippen LogP contribution in [-0.4, -0.2) is 19.9 Å². The number of sulfonamides is 1. The zero-order chi connectivity index (χ0) is 16.2. The maximum atomic E-state index is 13.4. The van der Waals surface area contributed by atoms with Crippen molar-refractivity contribution < 1.29 is 17.7 Å². The Hall–Kier alpha value is -1.54. The van der Waals surface area contributed by atoms with Crippen LogP contribution in [0.1, 0.15) is 32.3 Å². The maximum Gasteiger partial charge on any atom is 0.306 e. The van der Waals surface area contributed by atoms with Crippen LogP contribution >= 0.6 is 0 Å². The molecule has 0 fully saturated rings. The van der Waals surface area contributed by atoms with E-state index in [0.717, 1.165) is 25.0 Å². The number of nitrogens with one attached hydrogen (secondary N) is 1. The molecule has 0 bridgehead atoms. The minimum Gasteiger partial charge on any atom is -0.258 e. The molecule has 0 saturated heterocycles. The molecule has 1 N–H and O–H groups in total. The van der Waals surface area contributed by atoms with E-state index in [9.17, 15) is 22.9 Å². The largest absolute Gasteiger partial charge is 0.306 e. The standard InChI is InChI=1S/C13H19FN2O4S/c1-4-10(5-2)8-15-21(19,20)13-7-12(16(17)18)11(14)6-9(13)3/h6-7,10,15H,4-5,8H2,1-3H3. The van der Waals surface area contributed by atoms with E-state index in [1.165, 1.54) is 6.92 Å². The van der Waals surface area contributed by atoms with Crippen molar-refractivity contribution in [1.29, 1.82) is 0 Å².